The quantitative estimate of drug-likeness (QED) is 0.333. The first kappa shape index (κ1) is 19.9. The zero-order valence-corrected chi connectivity index (χ0v) is 17.4. The van der Waals surface area contributed by atoms with Crippen LogP contribution in [0.15, 0.2) is 58.9 Å². The molecule has 0 radical (unpaired) electrons. The summed E-state index contributed by atoms with van der Waals surface area (Å²) in [6, 6.07) is 15.8. The molecule has 0 aliphatic heterocycles. The highest BCUT2D eigenvalue weighted by molar-refractivity contribution is 7.80. The Bertz CT molecular complexity index is 918. The lowest BCUT2D eigenvalue weighted by atomic mass is 10.3. The average Bonchev–Trinajstić information content (AvgIpc) is 3.15. The minimum atomic E-state index is 0.443. The predicted molar refractivity (Wildman–Crippen MR) is 121 cm³/mol. The molecule has 2 heterocycles. The standard InChI is InChI=1S/C20H22N6S2/c1-14-13-15(2)23-19(22-14)25-18(21-11-10-17-9-6-12-28-17)26-20(27)24-16-7-4-3-5-8-16/h3-9,12-13H,10-11H2,1-2H3,(H3,21,22,23,24,25,26,27). The summed E-state index contributed by atoms with van der Waals surface area (Å²) in [7, 11) is 0. The number of nitrogens with one attached hydrogen (secondary N) is 3. The molecule has 3 aromatic rings. The number of para-hydroxylation sites is 1. The van der Waals surface area contributed by atoms with Gasteiger partial charge in [0, 0.05) is 34.9 Å². The van der Waals surface area contributed by atoms with Crippen molar-refractivity contribution < 1.29 is 0 Å². The van der Waals surface area contributed by atoms with Crippen LogP contribution in [0.4, 0.5) is 11.6 Å². The van der Waals surface area contributed by atoms with E-state index >= 15 is 0 Å². The van der Waals surface area contributed by atoms with Crippen LogP contribution < -0.4 is 16.0 Å². The van der Waals surface area contributed by atoms with Gasteiger partial charge in [-0.15, -0.1) is 11.3 Å². The van der Waals surface area contributed by atoms with E-state index in [1.165, 1.54) is 4.88 Å². The molecular weight excluding hydrogens is 388 g/mol. The van der Waals surface area contributed by atoms with E-state index in [0.717, 1.165) is 23.5 Å². The van der Waals surface area contributed by atoms with Gasteiger partial charge in [0.1, 0.15) is 0 Å². The van der Waals surface area contributed by atoms with Crippen LogP contribution in [0.3, 0.4) is 0 Å². The van der Waals surface area contributed by atoms with Crippen molar-refractivity contribution in [2.45, 2.75) is 20.3 Å². The van der Waals surface area contributed by atoms with Crippen molar-refractivity contribution in [2.24, 2.45) is 4.99 Å². The van der Waals surface area contributed by atoms with Crippen molar-refractivity contribution >= 4 is 46.3 Å². The molecule has 1 aromatic carbocycles. The van der Waals surface area contributed by atoms with Gasteiger partial charge in [0.05, 0.1) is 0 Å². The van der Waals surface area contributed by atoms with Crippen LogP contribution in [-0.4, -0.2) is 27.6 Å². The minimum absolute atomic E-state index is 0.443. The Hall–Kier alpha value is -2.84. The van der Waals surface area contributed by atoms with E-state index in [1.807, 2.05) is 56.3 Å². The van der Waals surface area contributed by atoms with Crippen molar-refractivity contribution in [1.82, 2.24) is 15.3 Å². The highest BCUT2D eigenvalue weighted by Gasteiger charge is 2.07. The van der Waals surface area contributed by atoms with Crippen LogP contribution in [0.2, 0.25) is 0 Å². The summed E-state index contributed by atoms with van der Waals surface area (Å²) in [4.78, 5) is 14.8. The molecule has 0 fully saturated rings. The van der Waals surface area contributed by atoms with Gasteiger partial charge < -0.3 is 10.6 Å². The van der Waals surface area contributed by atoms with Gasteiger partial charge in [-0.2, -0.15) is 0 Å². The number of nitrogens with zero attached hydrogens (tertiary/aromatic N) is 3. The van der Waals surface area contributed by atoms with Crippen molar-refractivity contribution in [2.75, 3.05) is 17.2 Å². The number of aryl methyl sites for hydroxylation is 2. The zero-order chi connectivity index (χ0) is 19.8. The van der Waals surface area contributed by atoms with E-state index in [-0.39, 0.29) is 0 Å². The molecule has 0 atom stereocenters. The third kappa shape index (κ3) is 6.40. The maximum atomic E-state index is 5.43. The van der Waals surface area contributed by atoms with Gasteiger partial charge in [0.15, 0.2) is 5.11 Å². The number of hydrogen-bond acceptors (Lipinski definition) is 5. The third-order valence-electron chi connectivity index (χ3n) is 3.68. The van der Waals surface area contributed by atoms with Crippen molar-refractivity contribution in [3.63, 3.8) is 0 Å². The van der Waals surface area contributed by atoms with Crippen LogP contribution in [0.1, 0.15) is 16.3 Å². The fourth-order valence-corrected chi connectivity index (χ4v) is 3.43. The Morgan fingerprint density at radius 2 is 1.79 bits per heavy atom. The summed E-state index contributed by atoms with van der Waals surface area (Å²) in [6.07, 6.45) is 0.858. The highest BCUT2D eigenvalue weighted by Crippen LogP contribution is 2.09. The van der Waals surface area contributed by atoms with Crippen molar-refractivity contribution in [3.05, 3.63) is 70.2 Å². The summed E-state index contributed by atoms with van der Waals surface area (Å²) < 4.78 is 0. The number of hydrogen-bond donors (Lipinski definition) is 3. The number of thiophene rings is 1. The lowest BCUT2D eigenvalue weighted by Crippen LogP contribution is -2.39. The van der Waals surface area contributed by atoms with E-state index in [9.17, 15) is 0 Å². The molecule has 0 bridgehead atoms. The van der Waals surface area contributed by atoms with E-state index in [0.29, 0.717) is 23.6 Å². The summed E-state index contributed by atoms with van der Waals surface area (Å²) in [5.41, 5.74) is 2.68. The number of anilines is 2. The molecule has 144 valence electrons. The molecule has 0 spiro atoms. The van der Waals surface area contributed by atoms with Crippen LogP contribution in [0.5, 0.6) is 0 Å². The molecular formula is C20H22N6S2. The normalized spacial score (nSPS) is 11.1. The molecule has 28 heavy (non-hydrogen) atoms. The van der Waals surface area contributed by atoms with Crippen LogP contribution >= 0.6 is 23.6 Å². The fourth-order valence-electron chi connectivity index (χ4n) is 2.52. The van der Waals surface area contributed by atoms with E-state index in [4.69, 9.17) is 12.2 Å². The molecule has 0 unspecified atom stereocenters. The summed E-state index contributed by atoms with van der Waals surface area (Å²) in [5.74, 6) is 0.998. The van der Waals surface area contributed by atoms with Crippen LogP contribution in [0, 0.1) is 13.8 Å². The Labute approximate surface area is 174 Å². The Kier molecular flexibility index (Phi) is 7.05. The van der Waals surface area contributed by atoms with Gasteiger partial charge in [0.2, 0.25) is 11.9 Å². The number of aliphatic imine (C=N–C) groups is 1. The molecule has 6 nitrogen and oxygen atoms in total. The SMILES string of the molecule is Cc1cc(C)nc(NC(=NCCc2cccs2)NC(=S)Nc2ccccc2)n1. The van der Waals surface area contributed by atoms with Gasteiger partial charge in [-0.05, 0) is 55.7 Å². The third-order valence-corrected chi connectivity index (χ3v) is 4.82. The molecule has 0 aliphatic rings. The largest absolute Gasteiger partial charge is 0.332 e. The molecule has 3 rings (SSSR count). The number of guanidine groups is 1. The van der Waals surface area contributed by atoms with Crippen LogP contribution in [0.25, 0.3) is 0 Å². The van der Waals surface area contributed by atoms with Crippen molar-refractivity contribution in [3.8, 4) is 0 Å². The Morgan fingerprint density at radius 3 is 2.46 bits per heavy atom. The van der Waals surface area contributed by atoms with Gasteiger partial charge >= 0.3 is 0 Å². The second-order valence-electron chi connectivity index (χ2n) is 6.10. The van der Waals surface area contributed by atoms with Crippen molar-refractivity contribution in [1.29, 1.82) is 0 Å². The molecule has 2 aromatic heterocycles. The smallest absolute Gasteiger partial charge is 0.229 e. The number of thiocarbonyl (C=S) groups is 1. The summed E-state index contributed by atoms with van der Waals surface area (Å²) in [6.45, 7) is 4.49. The predicted octanol–water partition coefficient (Wildman–Crippen LogP) is 4.15. The molecule has 0 saturated heterocycles. The maximum absolute atomic E-state index is 5.43. The van der Waals surface area contributed by atoms with Gasteiger partial charge in [-0.3, -0.25) is 10.3 Å². The van der Waals surface area contributed by atoms with Gasteiger partial charge in [0.25, 0.3) is 0 Å². The number of rotatable bonds is 5. The molecule has 0 amide bonds. The average molecular weight is 411 g/mol. The van der Waals surface area contributed by atoms with Crippen LogP contribution in [-0.2, 0) is 6.42 Å². The first-order chi connectivity index (χ1) is 13.6. The minimum Gasteiger partial charge on any atom is -0.332 e. The topological polar surface area (TPSA) is 74.2 Å². The Morgan fingerprint density at radius 1 is 1.04 bits per heavy atom. The first-order valence-electron chi connectivity index (χ1n) is 8.88. The lowest BCUT2D eigenvalue weighted by Gasteiger charge is -2.14. The molecule has 8 heteroatoms. The summed E-state index contributed by atoms with van der Waals surface area (Å²) in [5, 5.41) is 11.9. The van der Waals surface area contributed by atoms with E-state index in [1.54, 1.807) is 11.3 Å². The fraction of sp³-hybridized carbons (Fsp3) is 0.200. The molecule has 0 aliphatic carbocycles. The monoisotopic (exact) mass is 410 g/mol. The Balaban J connectivity index is 1.70. The lowest BCUT2D eigenvalue weighted by molar-refractivity contribution is 0.973. The highest BCUT2D eigenvalue weighted by atomic mass is 32.1. The maximum Gasteiger partial charge on any atom is 0.229 e. The zero-order valence-electron chi connectivity index (χ0n) is 15.8. The second-order valence-corrected chi connectivity index (χ2v) is 7.54. The number of aromatic nitrogens is 2. The molecule has 3 N–H and O–H groups in total. The van der Waals surface area contributed by atoms with Gasteiger partial charge in [-0.1, -0.05) is 24.3 Å². The van der Waals surface area contributed by atoms with E-state index < -0.39 is 0 Å². The first-order valence-corrected chi connectivity index (χ1v) is 10.2. The van der Waals surface area contributed by atoms with Gasteiger partial charge in [-0.25, -0.2) is 9.97 Å². The van der Waals surface area contributed by atoms with E-state index in [2.05, 4.69) is 42.4 Å². The summed E-state index contributed by atoms with van der Waals surface area (Å²) >= 11 is 7.15. The number of benzene rings is 1. The molecule has 0 saturated carbocycles. The second kappa shape index (κ2) is 9.91.